The Balaban J connectivity index is 1.74. The molecule has 0 aliphatic rings. The molecule has 2 aromatic carbocycles. The number of rotatable bonds is 4. The van der Waals surface area contributed by atoms with E-state index in [0.29, 0.717) is 5.69 Å². The minimum Gasteiger partial charge on any atom is -0.429 e. The van der Waals surface area contributed by atoms with Crippen molar-refractivity contribution in [2.24, 2.45) is 0 Å². The predicted octanol–water partition coefficient (Wildman–Crippen LogP) is 3.12. The third kappa shape index (κ3) is 4.35. The van der Waals surface area contributed by atoms with Crippen LogP contribution in [-0.4, -0.2) is 6.16 Å². The Morgan fingerprint density at radius 2 is 1.37 bits per heavy atom. The summed E-state index contributed by atoms with van der Waals surface area (Å²) in [5, 5.41) is 0. The number of carbonyl (C=O) groups is 1. The van der Waals surface area contributed by atoms with Gasteiger partial charge in [-0.3, -0.25) is 0 Å². The lowest BCUT2D eigenvalue weighted by atomic mass is 10.2. The van der Waals surface area contributed by atoms with E-state index in [1.165, 1.54) is 0 Å². The van der Waals surface area contributed by atoms with Gasteiger partial charge >= 0.3 is 6.16 Å². The molecule has 0 unspecified atom stereocenters. The SMILES string of the molecule is Nc1ccc(COC(=O)OCc2ccccc2)cc1. The van der Waals surface area contributed by atoms with E-state index < -0.39 is 6.16 Å². The van der Waals surface area contributed by atoms with Crippen LogP contribution in [0.4, 0.5) is 10.5 Å². The molecule has 19 heavy (non-hydrogen) atoms. The second kappa shape index (κ2) is 6.44. The molecular formula is C15H15NO3. The van der Waals surface area contributed by atoms with Crippen molar-refractivity contribution < 1.29 is 14.3 Å². The molecule has 98 valence electrons. The minimum atomic E-state index is -0.680. The number of hydrogen-bond donors (Lipinski definition) is 1. The fourth-order valence-corrected chi connectivity index (χ4v) is 1.51. The molecule has 4 heteroatoms. The molecule has 0 saturated carbocycles. The molecule has 0 aliphatic heterocycles. The van der Waals surface area contributed by atoms with E-state index in [2.05, 4.69) is 0 Å². The maximum Gasteiger partial charge on any atom is 0.508 e. The van der Waals surface area contributed by atoms with Crippen molar-refractivity contribution in [3.05, 3.63) is 65.7 Å². The minimum absolute atomic E-state index is 0.175. The van der Waals surface area contributed by atoms with Gasteiger partial charge in [-0.2, -0.15) is 0 Å². The lowest BCUT2D eigenvalue weighted by Crippen LogP contribution is -2.07. The Morgan fingerprint density at radius 3 is 1.95 bits per heavy atom. The summed E-state index contributed by atoms with van der Waals surface area (Å²) in [7, 11) is 0. The van der Waals surface area contributed by atoms with Crippen LogP contribution in [-0.2, 0) is 22.7 Å². The average molecular weight is 257 g/mol. The molecule has 2 aromatic rings. The standard InChI is InChI=1S/C15H15NO3/c16-14-8-6-13(7-9-14)11-19-15(17)18-10-12-4-2-1-3-5-12/h1-9H,10-11,16H2. The number of nitrogens with two attached hydrogens (primary N) is 1. The van der Waals surface area contributed by atoms with Crippen LogP contribution >= 0.6 is 0 Å². The van der Waals surface area contributed by atoms with Gasteiger partial charge in [0.1, 0.15) is 13.2 Å². The monoisotopic (exact) mass is 257 g/mol. The van der Waals surface area contributed by atoms with Crippen molar-refractivity contribution >= 4 is 11.8 Å². The molecule has 0 atom stereocenters. The van der Waals surface area contributed by atoms with Crippen molar-refractivity contribution in [1.29, 1.82) is 0 Å². The number of carbonyl (C=O) groups excluding carboxylic acids is 1. The summed E-state index contributed by atoms with van der Waals surface area (Å²) in [6.07, 6.45) is -0.680. The highest BCUT2D eigenvalue weighted by atomic mass is 16.7. The van der Waals surface area contributed by atoms with Crippen LogP contribution in [0.3, 0.4) is 0 Å². The van der Waals surface area contributed by atoms with Gasteiger partial charge in [-0.25, -0.2) is 4.79 Å². The van der Waals surface area contributed by atoms with Crippen LogP contribution in [0.5, 0.6) is 0 Å². The third-order valence-electron chi connectivity index (χ3n) is 2.54. The molecule has 0 spiro atoms. The fraction of sp³-hybridized carbons (Fsp3) is 0.133. The maximum absolute atomic E-state index is 11.4. The van der Waals surface area contributed by atoms with Gasteiger partial charge in [0.05, 0.1) is 0 Å². The van der Waals surface area contributed by atoms with E-state index in [1.54, 1.807) is 24.3 Å². The van der Waals surface area contributed by atoms with Crippen LogP contribution in [0.25, 0.3) is 0 Å². The van der Waals surface area contributed by atoms with Gasteiger partial charge in [0.25, 0.3) is 0 Å². The zero-order valence-electron chi connectivity index (χ0n) is 10.4. The summed E-state index contributed by atoms with van der Waals surface area (Å²) in [4.78, 5) is 11.4. The van der Waals surface area contributed by atoms with Gasteiger partial charge in [-0.15, -0.1) is 0 Å². The van der Waals surface area contributed by atoms with Crippen LogP contribution in [0.1, 0.15) is 11.1 Å². The Labute approximate surface area is 111 Å². The summed E-state index contributed by atoms with van der Waals surface area (Å²) in [6, 6.07) is 16.6. The first-order valence-corrected chi connectivity index (χ1v) is 5.92. The first kappa shape index (κ1) is 13.0. The number of nitrogen functional groups attached to an aromatic ring is 1. The molecule has 0 radical (unpaired) electrons. The second-order valence-corrected chi connectivity index (χ2v) is 4.05. The van der Waals surface area contributed by atoms with Crippen LogP contribution in [0.2, 0.25) is 0 Å². The van der Waals surface area contributed by atoms with E-state index in [0.717, 1.165) is 11.1 Å². The quantitative estimate of drug-likeness (QED) is 0.675. The Morgan fingerprint density at radius 1 is 0.842 bits per heavy atom. The predicted molar refractivity (Wildman–Crippen MR) is 72.3 cm³/mol. The molecule has 4 nitrogen and oxygen atoms in total. The molecule has 0 saturated heterocycles. The lowest BCUT2D eigenvalue weighted by molar-refractivity contribution is 0.0446. The largest absolute Gasteiger partial charge is 0.508 e. The Kier molecular flexibility index (Phi) is 4.39. The molecule has 0 aromatic heterocycles. The van der Waals surface area contributed by atoms with Gasteiger partial charge in [0, 0.05) is 5.69 Å². The number of anilines is 1. The number of benzene rings is 2. The van der Waals surface area contributed by atoms with E-state index >= 15 is 0 Å². The average Bonchev–Trinajstić information content (AvgIpc) is 2.45. The van der Waals surface area contributed by atoms with Crippen molar-refractivity contribution in [2.45, 2.75) is 13.2 Å². The maximum atomic E-state index is 11.4. The topological polar surface area (TPSA) is 61.5 Å². The summed E-state index contributed by atoms with van der Waals surface area (Å²) < 4.78 is 9.98. The van der Waals surface area contributed by atoms with E-state index in [4.69, 9.17) is 15.2 Å². The molecule has 0 aliphatic carbocycles. The van der Waals surface area contributed by atoms with E-state index in [1.807, 2.05) is 30.3 Å². The van der Waals surface area contributed by atoms with Crippen molar-refractivity contribution in [1.82, 2.24) is 0 Å². The first-order chi connectivity index (χ1) is 9.24. The lowest BCUT2D eigenvalue weighted by Gasteiger charge is -2.06. The molecule has 0 bridgehead atoms. The summed E-state index contributed by atoms with van der Waals surface area (Å²) in [5.41, 5.74) is 8.03. The number of ether oxygens (including phenoxy) is 2. The molecule has 0 amide bonds. The highest BCUT2D eigenvalue weighted by Crippen LogP contribution is 2.08. The smallest absolute Gasteiger partial charge is 0.429 e. The molecular weight excluding hydrogens is 242 g/mol. The van der Waals surface area contributed by atoms with Gasteiger partial charge < -0.3 is 15.2 Å². The van der Waals surface area contributed by atoms with Gasteiger partial charge in [0.15, 0.2) is 0 Å². The molecule has 2 N–H and O–H groups in total. The van der Waals surface area contributed by atoms with Crippen molar-refractivity contribution in [2.75, 3.05) is 5.73 Å². The number of hydrogen-bond acceptors (Lipinski definition) is 4. The molecule has 2 rings (SSSR count). The fourth-order valence-electron chi connectivity index (χ4n) is 1.51. The summed E-state index contributed by atoms with van der Waals surface area (Å²) in [5.74, 6) is 0. The van der Waals surface area contributed by atoms with Crippen LogP contribution in [0.15, 0.2) is 54.6 Å². The van der Waals surface area contributed by atoms with Crippen LogP contribution in [0, 0.1) is 0 Å². The first-order valence-electron chi connectivity index (χ1n) is 5.92. The van der Waals surface area contributed by atoms with Gasteiger partial charge in [-0.1, -0.05) is 42.5 Å². The zero-order chi connectivity index (χ0) is 13.5. The van der Waals surface area contributed by atoms with Crippen molar-refractivity contribution in [3.63, 3.8) is 0 Å². The zero-order valence-corrected chi connectivity index (χ0v) is 10.4. The third-order valence-corrected chi connectivity index (χ3v) is 2.54. The van der Waals surface area contributed by atoms with E-state index in [9.17, 15) is 4.79 Å². The van der Waals surface area contributed by atoms with Gasteiger partial charge in [-0.05, 0) is 23.3 Å². The highest BCUT2D eigenvalue weighted by Gasteiger charge is 2.04. The molecule has 0 heterocycles. The Bertz CT molecular complexity index is 523. The Hall–Kier alpha value is -2.49. The molecule has 0 fully saturated rings. The van der Waals surface area contributed by atoms with Crippen molar-refractivity contribution in [3.8, 4) is 0 Å². The summed E-state index contributed by atoms with van der Waals surface area (Å²) >= 11 is 0. The summed E-state index contributed by atoms with van der Waals surface area (Å²) in [6.45, 7) is 0.384. The van der Waals surface area contributed by atoms with Crippen LogP contribution < -0.4 is 5.73 Å². The second-order valence-electron chi connectivity index (χ2n) is 4.05. The highest BCUT2D eigenvalue weighted by molar-refractivity contribution is 5.60. The normalized spacial score (nSPS) is 9.89. The van der Waals surface area contributed by atoms with Gasteiger partial charge in [0.2, 0.25) is 0 Å². The van der Waals surface area contributed by atoms with E-state index in [-0.39, 0.29) is 13.2 Å².